The Morgan fingerprint density at radius 2 is 2.12 bits per heavy atom. The molecule has 0 spiro atoms. The van der Waals surface area contributed by atoms with Gasteiger partial charge in [0.2, 0.25) is 5.79 Å². The minimum Gasteiger partial charge on any atom is -0.496 e. The van der Waals surface area contributed by atoms with Crippen molar-refractivity contribution in [3.05, 3.63) is 29.6 Å². The van der Waals surface area contributed by atoms with Gasteiger partial charge in [0, 0.05) is 0 Å². The quantitative estimate of drug-likeness (QED) is 0.868. The van der Waals surface area contributed by atoms with Gasteiger partial charge in [-0.2, -0.15) is 0 Å². The second-order valence-corrected chi connectivity index (χ2v) is 3.85. The zero-order valence-electron chi connectivity index (χ0n) is 9.74. The van der Waals surface area contributed by atoms with Crippen molar-refractivity contribution in [3.63, 3.8) is 0 Å². The summed E-state index contributed by atoms with van der Waals surface area (Å²) < 4.78 is 29.7. The average Bonchev–Trinajstić information content (AvgIpc) is 2.39. The summed E-state index contributed by atoms with van der Waals surface area (Å²) in [7, 11) is 1.52. The molecule has 0 aliphatic carbocycles. The van der Waals surface area contributed by atoms with Crippen LogP contribution in [-0.4, -0.2) is 26.9 Å². The van der Waals surface area contributed by atoms with Crippen LogP contribution in [0.5, 0.6) is 5.75 Å². The molecule has 4 nitrogen and oxygen atoms in total. The Labute approximate surface area is 99.5 Å². The van der Waals surface area contributed by atoms with Gasteiger partial charge in [-0.25, -0.2) is 4.39 Å². The monoisotopic (exact) mass is 241 g/mol. The lowest BCUT2D eigenvalue weighted by Gasteiger charge is -2.37. The molecule has 1 aromatic rings. The van der Waals surface area contributed by atoms with Gasteiger partial charge < -0.3 is 19.9 Å². The van der Waals surface area contributed by atoms with Crippen molar-refractivity contribution in [1.29, 1.82) is 0 Å². The van der Waals surface area contributed by atoms with E-state index in [4.69, 9.17) is 19.9 Å². The largest absolute Gasteiger partial charge is 0.496 e. The van der Waals surface area contributed by atoms with Crippen LogP contribution in [0, 0.1) is 5.82 Å². The molecule has 0 radical (unpaired) electrons. The van der Waals surface area contributed by atoms with Crippen LogP contribution in [-0.2, 0) is 15.3 Å². The summed E-state index contributed by atoms with van der Waals surface area (Å²) in [4.78, 5) is 0. The maximum absolute atomic E-state index is 13.3. The van der Waals surface area contributed by atoms with Gasteiger partial charge in [-0.3, -0.25) is 0 Å². The van der Waals surface area contributed by atoms with Crippen molar-refractivity contribution in [2.45, 2.75) is 12.2 Å². The fourth-order valence-electron chi connectivity index (χ4n) is 1.94. The molecule has 17 heavy (non-hydrogen) atoms. The Morgan fingerprint density at radius 1 is 1.41 bits per heavy atom. The molecule has 0 bridgehead atoms. The van der Waals surface area contributed by atoms with Crippen LogP contribution in [0.25, 0.3) is 0 Å². The fraction of sp³-hybridized carbons (Fsp3) is 0.500. The van der Waals surface area contributed by atoms with Crippen LogP contribution in [0.4, 0.5) is 4.39 Å². The molecule has 0 saturated carbocycles. The molecule has 0 amide bonds. The molecule has 1 fully saturated rings. The van der Waals surface area contributed by atoms with Crippen LogP contribution < -0.4 is 10.5 Å². The van der Waals surface area contributed by atoms with Gasteiger partial charge in [-0.15, -0.1) is 0 Å². The number of nitrogens with two attached hydrogens (primary N) is 1. The molecule has 1 aliphatic heterocycles. The summed E-state index contributed by atoms with van der Waals surface area (Å²) in [6.07, 6.45) is 0.805. The van der Waals surface area contributed by atoms with E-state index in [2.05, 4.69) is 0 Å². The van der Waals surface area contributed by atoms with Crippen LogP contribution >= 0.6 is 0 Å². The molecule has 1 aromatic carbocycles. The lowest BCUT2D eigenvalue weighted by Crippen LogP contribution is -2.44. The highest BCUT2D eigenvalue weighted by atomic mass is 19.1. The van der Waals surface area contributed by atoms with Crippen LogP contribution in [0.3, 0.4) is 0 Å². The van der Waals surface area contributed by atoms with E-state index in [9.17, 15) is 4.39 Å². The van der Waals surface area contributed by atoms with Gasteiger partial charge in [-0.05, 0) is 24.6 Å². The van der Waals surface area contributed by atoms with E-state index >= 15 is 0 Å². The van der Waals surface area contributed by atoms with Gasteiger partial charge in [-0.1, -0.05) is 0 Å². The third kappa shape index (κ3) is 2.26. The van der Waals surface area contributed by atoms with Crippen molar-refractivity contribution < 1.29 is 18.6 Å². The van der Waals surface area contributed by atoms with E-state index in [1.807, 2.05) is 0 Å². The lowest BCUT2D eigenvalue weighted by molar-refractivity contribution is -0.270. The predicted octanol–water partition coefficient (Wildman–Crippen LogP) is 1.38. The molecular weight excluding hydrogens is 225 g/mol. The number of methoxy groups -OCH3 is 1. The van der Waals surface area contributed by atoms with Crippen molar-refractivity contribution in [2.75, 3.05) is 26.9 Å². The highest BCUT2D eigenvalue weighted by molar-refractivity contribution is 5.38. The topological polar surface area (TPSA) is 53.7 Å². The molecule has 2 N–H and O–H groups in total. The van der Waals surface area contributed by atoms with E-state index in [1.54, 1.807) is 6.07 Å². The number of ether oxygens (including phenoxy) is 3. The maximum Gasteiger partial charge on any atom is 0.211 e. The highest BCUT2D eigenvalue weighted by Gasteiger charge is 2.38. The molecule has 5 heteroatoms. The predicted molar refractivity (Wildman–Crippen MR) is 60.2 cm³/mol. The Kier molecular flexibility index (Phi) is 3.61. The zero-order chi connectivity index (χ0) is 12.3. The molecule has 1 saturated heterocycles. The summed E-state index contributed by atoms with van der Waals surface area (Å²) in [5.41, 5.74) is 6.22. The zero-order valence-corrected chi connectivity index (χ0v) is 9.74. The molecule has 0 unspecified atom stereocenters. The first kappa shape index (κ1) is 12.3. The van der Waals surface area contributed by atoms with Crippen molar-refractivity contribution >= 4 is 0 Å². The average molecular weight is 241 g/mol. The lowest BCUT2D eigenvalue weighted by atomic mass is 10.0. The second-order valence-electron chi connectivity index (χ2n) is 3.85. The molecule has 1 aliphatic rings. The number of benzene rings is 1. The van der Waals surface area contributed by atoms with Crippen LogP contribution in [0.1, 0.15) is 12.0 Å². The van der Waals surface area contributed by atoms with E-state index in [0.717, 1.165) is 6.42 Å². The van der Waals surface area contributed by atoms with Gasteiger partial charge >= 0.3 is 0 Å². The van der Waals surface area contributed by atoms with Gasteiger partial charge in [0.15, 0.2) is 0 Å². The number of hydrogen-bond acceptors (Lipinski definition) is 4. The minimum absolute atomic E-state index is 0.118. The molecule has 2 rings (SSSR count). The van der Waals surface area contributed by atoms with E-state index in [1.165, 1.54) is 19.2 Å². The summed E-state index contributed by atoms with van der Waals surface area (Å²) in [5, 5.41) is 0. The third-order valence-electron chi connectivity index (χ3n) is 2.80. The SMILES string of the molecule is COc1ccc(F)cc1C1(CN)OCCCO1. The molecule has 0 aromatic heterocycles. The third-order valence-corrected chi connectivity index (χ3v) is 2.80. The van der Waals surface area contributed by atoms with Crippen molar-refractivity contribution in [3.8, 4) is 5.75 Å². The van der Waals surface area contributed by atoms with E-state index < -0.39 is 5.79 Å². The minimum atomic E-state index is -1.09. The summed E-state index contributed by atoms with van der Waals surface area (Å²) in [5.74, 6) is -0.948. The summed E-state index contributed by atoms with van der Waals surface area (Å²) >= 11 is 0. The normalized spacial score (nSPS) is 19.0. The first-order chi connectivity index (χ1) is 8.22. The Bertz CT molecular complexity index is 391. The first-order valence-corrected chi connectivity index (χ1v) is 5.54. The molecular formula is C12H16FNO3. The Balaban J connectivity index is 2.44. The number of halogens is 1. The van der Waals surface area contributed by atoms with E-state index in [0.29, 0.717) is 24.5 Å². The summed E-state index contributed by atoms with van der Waals surface area (Å²) in [6.45, 7) is 1.19. The molecule has 0 atom stereocenters. The number of rotatable bonds is 3. The molecule has 1 heterocycles. The van der Waals surface area contributed by atoms with Gasteiger partial charge in [0.25, 0.3) is 0 Å². The first-order valence-electron chi connectivity index (χ1n) is 5.54. The second kappa shape index (κ2) is 5.00. The number of hydrogen-bond donors (Lipinski definition) is 1. The van der Waals surface area contributed by atoms with Crippen LogP contribution in [0.15, 0.2) is 18.2 Å². The van der Waals surface area contributed by atoms with Gasteiger partial charge in [0.05, 0.1) is 32.4 Å². The van der Waals surface area contributed by atoms with Crippen molar-refractivity contribution in [1.82, 2.24) is 0 Å². The van der Waals surface area contributed by atoms with Crippen LogP contribution in [0.2, 0.25) is 0 Å². The van der Waals surface area contributed by atoms with E-state index in [-0.39, 0.29) is 12.4 Å². The smallest absolute Gasteiger partial charge is 0.211 e. The fourth-order valence-corrected chi connectivity index (χ4v) is 1.94. The Hall–Kier alpha value is -1.17. The highest BCUT2D eigenvalue weighted by Crippen LogP contribution is 2.36. The molecule has 94 valence electrons. The van der Waals surface area contributed by atoms with Crippen molar-refractivity contribution in [2.24, 2.45) is 5.73 Å². The van der Waals surface area contributed by atoms with Gasteiger partial charge in [0.1, 0.15) is 11.6 Å². The standard InChI is InChI=1S/C12H16FNO3/c1-15-11-4-3-9(13)7-10(11)12(8-14)16-5-2-6-17-12/h3-4,7H,2,5-6,8,14H2,1H3. The maximum atomic E-state index is 13.3. The Morgan fingerprint density at radius 3 is 2.71 bits per heavy atom. The summed E-state index contributed by atoms with van der Waals surface area (Å²) in [6, 6.07) is 4.22.